The molecule has 2 rings (SSSR count). The first-order valence-corrected chi connectivity index (χ1v) is 8.13. The molecule has 0 aromatic heterocycles. The molecule has 0 spiro atoms. The Morgan fingerprint density at radius 1 is 1.32 bits per heavy atom. The van der Waals surface area contributed by atoms with Crippen LogP contribution in [0, 0.1) is 0 Å². The lowest BCUT2D eigenvalue weighted by Crippen LogP contribution is -2.45. The minimum Gasteiger partial charge on any atom is -0.491 e. The molecule has 0 aliphatic carbocycles. The minimum absolute atomic E-state index is 0.0262. The molecule has 0 saturated carbocycles. The van der Waals surface area contributed by atoms with Crippen LogP contribution < -0.4 is 10.1 Å². The van der Waals surface area contributed by atoms with E-state index in [9.17, 15) is 8.42 Å². The Morgan fingerprint density at radius 3 is 2.58 bits per heavy atom. The van der Waals surface area contributed by atoms with Crippen LogP contribution in [0.1, 0.15) is 6.92 Å². The Hall–Kier alpha value is -1.11. The van der Waals surface area contributed by atoms with Crippen LogP contribution in [0.2, 0.25) is 0 Å². The first-order chi connectivity index (χ1) is 8.95. The Bertz CT molecular complexity index is 512. The number of benzene rings is 1. The number of hydrogen-bond acceptors (Lipinski definition) is 5. The van der Waals surface area contributed by atoms with Gasteiger partial charge in [0.05, 0.1) is 11.0 Å². The molecular formula is C13H19NO4S. The van der Waals surface area contributed by atoms with Gasteiger partial charge in [-0.3, -0.25) is 0 Å². The van der Waals surface area contributed by atoms with Crippen molar-refractivity contribution in [2.24, 2.45) is 0 Å². The number of ether oxygens (including phenoxy) is 2. The van der Waals surface area contributed by atoms with Crippen LogP contribution in [-0.2, 0) is 14.6 Å². The van der Waals surface area contributed by atoms with Crippen molar-refractivity contribution in [2.75, 3.05) is 26.0 Å². The highest BCUT2D eigenvalue weighted by Gasteiger charge is 2.19. The standard InChI is InChI=1S/C13H19NO4S/c1-10-7-14-8-12(18-10)9-17-11-3-5-13(6-4-11)19(2,15)16/h3-6,10,12,14H,7-9H2,1-2H3. The molecule has 1 aliphatic heterocycles. The summed E-state index contributed by atoms with van der Waals surface area (Å²) in [5.41, 5.74) is 0. The molecule has 6 heteroatoms. The van der Waals surface area contributed by atoms with Gasteiger partial charge in [0.25, 0.3) is 0 Å². The van der Waals surface area contributed by atoms with Gasteiger partial charge < -0.3 is 14.8 Å². The van der Waals surface area contributed by atoms with E-state index in [-0.39, 0.29) is 12.2 Å². The summed E-state index contributed by atoms with van der Waals surface area (Å²) < 4.78 is 33.9. The molecule has 1 N–H and O–H groups in total. The van der Waals surface area contributed by atoms with Gasteiger partial charge in [-0.15, -0.1) is 0 Å². The molecular weight excluding hydrogens is 266 g/mol. The van der Waals surface area contributed by atoms with Crippen LogP contribution in [0.25, 0.3) is 0 Å². The maximum absolute atomic E-state index is 11.3. The van der Waals surface area contributed by atoms with Crippen molar-refractivity contribution in [2.45, 2.75) is 24.0 Å². The maximum Gasteiger partial charge on any atom is 0.175 e. The van der Waals surface area contributed by atoms with Gasteiger partial charge in [-0.25, -0.2) is 8.42 Å². The van der Waals surface area contributed by atoms with Crippen molar-refractivity contribution >= 4 is 9.84 Å². The third kappa shape index (κ3) is 4.19. The summed E-state index contributed by atoms with van der Waals surface area (Å²) in [5.74, 6) is 0.647. The van der Waals surface area contributed by atoms with E-state index in [0.717, 1.165) is 13.1 Å². The highest BCUT2D eigenvalue weighted by molar-refractivity contribution is 7.90. The minimum atomic E-state index is -3.15. The van der Waals surface area contributed by atoms with Crippen molar-refractivity contribution < 1.29 is 17.9 Å². The second-order valence-corrected chi connectivity index (χ2v) is 6.80. The molecule has 0 radical (unpaired) electrons. The Morgan fingerprint density at radius 2 is 2.00 bits per heavy atom. The van der Waals surface area contributed by atoms with Crippen molar-refractivity contribution in [3.8, 4) is 5.75 Å². The fourth-order valence-electron chi connectivity index (χ4n) is 1.94. The Labute approximate surface area is 113 Å². The van der Waals surface area contributed by atoms with E-state index in [2.05, 4.69) is 5.32 Å². The predicted octanol–water partition coefficient (Wildman–Crippen LogP) is 0.846. The fraction of sp³-hybridized carbons (Fsp3) is 0.538. The van der Waals surface area contributed by atoms with Crippen molar-refractivity contribution in [3.63, 3.8) is 0 Å². The monoisotopic (exact) mass is 285 g/mol. The Balaban J connectivity index is 1.89. The maximum atomic E-state index is 11.3. The first kappa shape index (κ1) is 14.3. The van der Waals surface area contributed by atoms with Crippen LogP contribution in [0.5, 0.6) is 5.75 Å². The lowest BCUT2D eigenvalue weighted by Gasteiger charge is -2.28. The lowest BCUT2D eigenvalue weighted by molar-refractivity contribution is -0.0470. The summed E-state index contributed by atoms with van der Waals surface area (Å²) in [4.78, 5) is 0.295. The predicted molar refractivity (Wildman–Crippen MR) is 72.3 cm³/mol. The van der Waals surface area contributed by atoms with E-state index < -0.39 is 9.84 Å². The molecule has 2 atom stereocenters. The number of hydrogen-bond donors (Lipinski definition) is 1. The van der Waals surface area contributed by atoms with Crippen molar-refractivity contribution in [1.29, 1.82) is 0 Å². The van der Waals surface area contributed by atoms with Gasteiger partial charge in [0, 0.05) is 19.3 Å². The van der Waals surface area contributed by atoms with Crippen LogP contribution in [-0.4, -0.2) is 46.6 Å². The van der Waals surface area contributed by atoms with Gasteiger partial charge in [0.15, 0.2) is 9.84 Å². The van der Waals surface area contributed by atoms with Crippen LogP contribution in [0.3, 0.4) is 0 Å². The highest BCUT2D eigenvalue weighted by atomic mass is 32.2. The second kappa shape index (κ2) is 5.90. The van der Waals surface area contributed by atoms with E-state index in [0.29, 0.717) is 17.3 Å². The molecule has 106 valence electrons. The molecule has 1 fully saturated rings. The van der Waals surface area contributed by atoms with E-state index in [1.165, 1.54) is 6.26 Å². The van der Waals surface area contributed by atoms with Crippen LogP contribution in [0.4, 0.5) is 0 Å². The number of nitrogens with one attached hydrogen (secondary N) is 1. The van der Waals surface area contributed by atoms with E-state index in [4.69, 9.17) is 9.47 Å². The molecule has 19 heavy (non-hydrogen) atoms. The van der Waals surface area contributed by atoms with Crippen LogP contribution in [0.15, 0.2) is 29.2 Å². The summed E-state index contributed by atoms with van der Waals surface area (Å²) in [7, 11) is -3.15. The zero-order chi connectivity index (χ0) is 13.9. The number of morpholine rings is 1. The largest absolute Gasteiger partial charge is 0.491 e. The summed E-state index contributed by atoms with van der Waals surface area (Å²) in [6, 6.07) is 6.42. The van der Waals surface area contributed by atoms with Gasteiger partial charge in [-0.1, -0.05) is 0 Å². The number of rotatable bonds is 4. The summed E-state index contributed by atoms with van der Waals surface area (Å²) in [6.45, 7) is 4.10. The van der Waals surface area contributed by atoms with Gasteiger partial charge >= 0.3 is 0 Å². The first-order valence-electron chi connectivity index (χ1n) is 6.24. The average molecular weight is 285 g/mol. The third-order valence-electron chi connectivity index (χ3n) is 2.92. The highest BCUT2D eigenvalue weighted by Crippen LogP contribution is 2.16. The van der Waals surface area contributed by atoms with Crippen LogP contribution >= 0.6 is 0 Å². The molecule has 1 saturated heterocycles. The molecule has 0 amide bonds. The zero-order valence-corrected chi connectivity index (χ0v) is 11.9. The summed E-state index contributed by atoms with van der Waals surface area (Å²) >= 11 is 0. The zero-order valence-electron chi connectivity index (χ0n) is 11.1. The molecule has 1 aliphatic rings. The lowest BCUT2D eigenvalue weighted by atomic mass is 10.2. The molecule has 1 aromatic carbocycles. The van der Waals surface area contributed by atoms with E-state index in [1.807, 2.05) is 6.92 Å². The van der Waals surface area contributed by atoms with E-state index >= 15 is 0 Å². The van der Waals surface area contributed by atoms with E-state index in [1.54, 1.807) is 24.3 Å². The smallest absolute Gasteiger partial charge is 0.175 e. The number of sulfone groups is 1. The van der Waals surface area contributed by atoms with Gasteiger partial charge in [0.2, 0.25) is 0 Å². The summed E-state index contributed by atoms with van der Waals surface area (Å²) in [5, 5.41) is 3.27. The van der Waals surface area contributed by atoms with Crippen molar-refractivity contribution in [1.82, 2.24) is 5.32 Å². The third-order valence-corrected chi connectivity index (χ3v) is 4.04. The quantitative estimate of drug-likeness (QED) is 0.888. The van der Waals surface area contributed by atoms with Gasteiger partial charge in [-0.05, 0) is 31.2 Å². The molecule has 2 unspecified atom stereocenters. The molecule has 5 nitrogen and oxygen atoms in total. The topological polar surface area (TPSA) is 64.6 Å². The molecule has 1 aromatic rings. The van der Waals surface area contributed by atoms with Gasteiger partial charge in [-0.2, -0.15) is 0 Å². The van der Waals surface area contributed by atoms with Crippen molar-refractivity contribution in [3.05, 3.63) is 24.3 Å². The Kier molecular flexibility index (Phi) is 4.44. The molecule has 1 heterocycles. The van der Waals surface area contributed by atoms with Gasteiger partial charge in [0.1, 0.15) is 18.5 Å². The summed E-state index contributed by atoms with van der Waals surface area (Å²) in [6.07, 6.45) is 1.40. The average Bonchev–Trinajstić information content (AvgIpc) is 2.36. The molecule has 0 bridgehead atoms. The SMILES string of the molecule is CC1CNCC(COc2ccc(S(C)(=O)=O)cc2)O1. The normalized spacial score (nSPS) is 24.1. The fourth-order valence-corrected chi connectivity index (χ4v) is 2.57. The second-order valence-electron chi connectivity index (χ2n) is 4.78.